The van der Waals surface area contributed by atoms with Crippen molar-refractivity contribution in [3.63, 3.8) is 0 Å². The van der Waals surface area contributed by atoms with E-state index in [1.54, 1.807) is 12.5 Å². The summed E-state index contributed by atoms with van der Waals surface area (Å²) in [6.07, 6.45) is 4.72. The summed E-state index contributed by atoms with van der Waals surface area (Å²) in [6.45, 7) is 2.63. The van der Waals surface area contributed by atoms with E-state index in [0.29, 0.717) is 18.7 Å². The van der Waals surface area contributed by atoms with E-state index >= 15 is 0 Å². The van der Waals surface area contributed by atoms with Crippen molar-refractivity contribution in [2.75, 3.05) is 6.61 Å². The lowest BCUT2D eigenvalue weighted by molar-refractivity contribution is 0.102. The Morgan fingerprint density at radius 1 is 1.60 bits per heavy atom. The van der Waals surface area contributed by atoms with Gasteiger partial charge in [0.25, 0.3) is 0 Å². The zero-order valence-electron chi connectivity index (χ0n) is 8.69. The quantitative estimate of drug-likeness (QED) is 0.706. The summed E-state index contributed by atoms with van der Waals surface area (Å²) < 4.78 is 5.06. The first-order valence-corrected chi connectivity index (χ1v) is 5.12. The van der Waals surface area contributed by atoms with Crippen molar-refractivity contribution in [1.29, 1.82) is 0 Å². The lowest BCUT2D eigenvalue weighted by atomic mass is 10.0. The molecule has 0 atom stereocenters. The monoisotopic (exact) mass is 203 g/mol. The van der Waals surface area contributed by atoms with Crippen LogP contribution >= 0.6 is 0 Å². The molecule has 3 nitrogen and oxygen atoms in total. The minimum absolute atomic E-state index is 0.00458. The Kier molecular flexibility index (Phi) is 2.81. The van der Waals surface area contributed by atoms with Crippen LogP contribution in [0.15, 0.2) is 30.2 Å². The second kappa shape index (κ2) is 4.26. The number of carbonyl (C=O) groups excluding carboxylic acids is 1. The number of carbonyl (C=O) groups is 1. The maximum absolute atomic E-state index is 12.0. The minimum Gasteiger partial charge on any atom is -0.500 e. The fraction of sp³-hybridized carbons (Fsp3) is 0.333. The third kappa shape index (κ3) is 1.91. The van der Waals surface area contributed by atoms with E-state index in [-0.39, 0.29) is 5.78 Å². The molecule has 15 heavy (non-hydrogen) atoms. The second-order valence-corrected chi connectivity index (χ2v) is 3.46. The molecule has 0 aromatic carbocycles. The molecule has 0 spiro atoms. The number of aromatic nitrogens is 1. The van der Waals surface area contributed by atoms with E-state index in [0.717, 1.165) is 17.6 Å². The second-order valence-electron chi connectivity index (χ2n) is 3.46. The Morgan fingerprint density at radius 2 is 2.47 bits per heavy atom. The summed E-state index contributed by atoms with van der Waals surface area (Å²) in [5.41, 5.74) is 2.29. The molecule has 0 radical (unpaired) electrons. The highest BCUT2D eigenvalue weighted by atomic mass is 16.5. The Bertz CT molecular complexity index is 410. The lowest BCUT2D eigenvalue weighted by Gasteiger charge is -2.04. The molecule has 2 rings (SSSR count). The van der Waals surface area contributed by atoms with Crippen molar-refractivity contribution in [2.45, 2.75) is 19.8 Å². The Labute approximate surface area is 88.8 Å². The molecule has 0 saturated heterocycles. The molecule has 0 amide bonds. The van der Waals surface area contributed by atoms with Gasteiger partial charge in [0.2, 0.25) is 5.78 Å². The summed E-state index contributed by atoms with van der Waals surface area (Å²) >= 11 is 0. The fourth-order valence-corrected chi connectivity index (χ4v) is 1.63. The van der Waals surface area contributed by atoms with Crippen LogP contribution in [0.2, 0.25) is 0 Å². The molecule has 3 heteroatoms. The van der Waals surface area contributed by atoms with Gasteiger partial charge in [-0.05, 0) is 18.1 Å². The lowest BCUT2D eigenvalue weighted by Crippen LogP contribution is -2.08. The molecule has 1 aromatic rings. The van der Waals surface area contributed by atoms with E-state index in [1.807, 2.05) is 19.1 Å². The van der Waals surface area contributed by atoms with Crippen LogP contribution in [0.5, 0.6) is 0 Å². The van der Waals surface area contributed by atoms with E-state index in [1.165, 1.54) is 0 Å². The summed E-state index contributed by atoms with van der Waals surface area (Å²) in [5, 5.41) is 0. The number of ether oxygens (including phenoxy) is 1. The molecular weight excluding hydrogens is 190 g/mol. The number of nitrogens with zero attached hydrogens (tertiary/aromatic N) is 1. The number of hydrogen-bond donors (Lipinski definition) is 0. The van der Waals surface area contributed by atoms with Crippen LogP contribution in [-0.2, 0) is 11.2 Å². The molecule has 0 N–H and O–H groups in total. The SMILES string of the molecule is CCc1cccnc1C(=O)C1=COCC1. The number of ketones is 1. The molecular formula is C12H13NO2. The molecule has 1 aliphatic rings. The maximum atomic E-state index is 12.0. The number of hydrogen-bond acceptors (Lipinski definition) is 3. The van der Waals surface area contributed by atoms with E-state index in [9.17, 15) is 4.79 Å². The summed E-state index contributed by atoms with van der Waals surface area (Å²) in [6, 6.07) is 3.80. The van der Waals surface area contributed by atoms with E-state index < -0.39 is 0 Å². The first kappa shape index (κ1) is 9.90. The topological polar surface area (TPSA) is 39.2 Å². The van der Waals surface area contributed by atoms with Crippen molar-refractivity contribution in [2.24, 2.45) is 0 Å². The van der Waals surface area contributed by atoms with Crippen LogP contribution in [0, 0.1) is 0 Å². The van der Waals surface area contributed by atoms with Crippen LogP contribution in [0.4, 0.5) is 0 Å². The highest BCUT2D eigenvalue weighted by Crippen LogP contribution is 2.18. The molecule has 0 fully saturated rings. The van der Waals surface area contributed by atoms with Gasteiger partial charge < -0.3 is 4.74 Å². The van der Waals surface area contributed by atoms with E-state index in [2.05, 4.69) is 4.98 Å². The normalized spacial score (nSPS) is 14.6. The van der Waals surface area contributed by atoms with Crippen molar-refractivity contribution in [3.05, 3.63) is 41.4 Å². The standard InChI is InChI=1S/C12H13NO2/c1-2-9-4-3-6-13-11(9)12(14)10-5-7-15-8-10/h3-4,6,8H,2,5,7H2,1H3. The predicted octanol–water partition coefficient (Wildman–Crippen LogP) is 2.13. The van der Waals surface area contributed by atoms with Gasteiger partial charge in [0.05, 0.1) is 12.9 Å². The molecule has 0 unspecified atom stereocenters. The zero-order valence-corrected chi connectivity index (χ0v) is 8.69. The van der Waals surface area contributed by atoms with Gasteiger partial charge in [-0.25, -0.2) is 0 Å². The van der Waals surface area contributed by atoms with Gasteiger partial charge in [-0.3, -0.25) is 9.78 Å². The largest absolute Gasteiger partial charge is 0.500 e. The molecule has 0 bridgehead atoms. The highest BCUT2D eigenvalue weighted by molar-refractivity contribution is 6.08. The highest BCUT2D eigenvalue weighted by Gasteiger charge is 2.19. The van der Waals surface area contributed by atoms with Gasteiger partial charge in [-0.15, -0.1) is 0 Å². The molecule has 2 heterocycles. The molecule has 1 aromatic heterocycles. The number of pyridine rings is 1. The van der Waals surface area contributed by atoms with Gasteiger partial charge in [0.15, 0.2) is 0 Å². The summed E-state index contributed by atoms with van der Waals surface area (Å²) in [5.74, 6) is 0.00458. The van der Waals surface area contributed by atoms with Gasteiger partial charge >= 0.3 is 0 Å². The summed E-state index contributed by atoms with van der Waals surface area (Å²) in [4.78, 5) is 16.2. The predicted molar refractivity (Wildman–Crippen MR) is 56.6 cm³/mol. The van der Waals surface area contributed by atoms with Crippen LogP contribution in [-0.4, -0.2) is 17.4 Å². The first-order chi connectivity index (χ1) is 7.33. The molecule has 1 aliphatic heterocycles. The third-order valence-electron chi connectivity index (χ3n) is 2.49. The van der Waals surface area contributed by atoms with Gasteiger partial charge in [0.1, 0.15) is 5.69 Å². The zero-order chi connectivity index (χ0) is 10.7. The van der Waals surface area contributed by atoms with Crippen LogP contribution in [0.3, 0.4) is 0 Å². The van der Waals surface area contributed by atoms with Crippen LogP contribution < -0.4 is 0 Å². The maximum Gasteiger partial charge on any atom is 0.210 e. The number of Topliss-reactive ketones (excluding diaryl/α,β-unsaturated/α-hetero) is 1. The first-order valence-electron chi connectivity index (χ1n) is 5.12. The van der Waals surface area contributed by atoms with Gasteiger partial charge in [-0.1, -0.05) is 13.0 Å². The Balaban J connectivity index is 2.32. The minimum atomic E-state index is 0.00458. The van der Waals surface area contributed by atoms with Gasteiger partial charge in [0, 0.05) is 18.2 Å². The van der Waals surface area contributed by atoms with Crippen LogP contribution in [0.25, 0.3) is 0 Å². The Morgan fingerprint density at radius 3 is 3.13 bits per heavy atom. The average Bonchev–Trinajstić information content (AvgIpc) is 2.81. The number of aryl methyl sites for hydroxylation is 1. The van der Waals surface area contributed by atoms with Crippen molar-refractivity contribution >= 4 is 5.78 Å². The van der Waals surface area contributed by atoms with Crippen molar-refractivity contribution in [3.8, 4) is 0 Å². The smallest absolute Gasteiger partial charge is 0.210 e. The third-order valence-corrected chi connectivity index (χ3v) is 2.49. The molecule has 0 saturated carbocycles. The molecule has 78 valence electrons. The Hall–Kier alpha value is -1.64. The fourth-order valence-electron chi connectivity index (χ4n) is 1.63. The van der Waals surface area contributed by atoms with E-state index in [4.69, 9.17) is 4.74 Å². The number of rotatable bonds is 3. The van der Waals surface area contributed by atoms with Crippen molar-refractivity contribution < 1.29 is 9.53 Å². The summed E-state index contributed by atoms with van der Waals surface area (Å²) in [7, 11) is 0. The van der Waals surface area contributed by atoms with Crippen LogP contribution in [0.1, 0.15) is 29.4 Å². The molecule has 0 aliphatic carbocycles. The van der Waals surface area contributed by atoms with Crippen molar-refractivity contribution in [1.82, 2.24) is 4.98 Å². The van der Waals surface area contributed by atoms with Gasteiger partial charge in [-0.2, -0.15) is 0 Å². The average molecular weight is 203 g/mol.